The number of Topliss-reactive ketones (excluding diaryl/α,β-unsaturated/α-hetero) is 1. The highest BCUT2D eigenvalue weighted by molar-refractivity contribution is 5.88. The van der Waals surface area contributed by atoms with Gasteiger partial charge in [0.05, 0.1) is 18.2 Å². The van der Waals surface area contributed by atoms with Crippen LogP contribution in [0.5, 0.6) is 0 Å². The summed E-state index contributed by atoms with van der Waals surface area (Å²) in [6, 6.07) is 5.89. The number of hydrogen-bond donors (Lipinski definition) is 1. The van der Waals surface area contributed by atoms with Gasteiger partial charge in [-0.05, 0) is 56.3 Å². The number of nitrogens with two attached hydrogens (primary N) is 1. The second-order valence-corrected chi connectivity index (χ2v) is 9.18. The van der Waals surface area contributed by atoms with Gasteiger partial charge < -0.3 is 5.73 Å². The molecule has 2 N–H and O–H groups in total. The lowest BCUT2D eigenvalue weighted by Gasteiger charge is -2.56. The van der Waals surface area contributed by atoms with Crippen molar-refractivity contribution in [1.29, 1.82) is 15.8 Å². The first-order valence-corrected chi connectivity index (χ1v) is 9.59. The summed E-state index contributed by atoms with van der Waals surface area (Å²) in [4.78, 5) is 24.9. The van der Waals surface area contributed by atoms with E-state index in [0.717, 1.165) is 19.3 Å². The molecule has 1 atom stereocenters. The highest BCUT2D eigenvalue weighted by Crippen LogP contribution is 2.63. The fourth-order valence-electron chi connectivity index (χ4n) is 6.76. The molecule has 0 amide bonds. The Bertz CT molecular complexity index is 832. The molecular formula is C21H22N4O2. The number of carbonyl (C=O) groups is 2. The summed E-state index contributed by atoms with van der Waals surface area (Å²) < 4.78 is 0. The topological polar surface area (TPSA) is 132 Å². The number of ketones is 1. The van der Waals surface area contributed by atoms with Crippen LogP contribution >= 0.6 is 0 Å². The Hall–Kier alpha value is -2.65. The third-order valence-electron chi connectivity index (χ3n) is 7.76. The van der Waals surface area contributed by atoms with Crippen molar-refractivity contribution in [2.24, 2.45) is 39.7 Å². The highest BCUT2D eigenvalue weighted by Gasteiger charge is 2.64. The van der Waals surface area contributed by atoms with Crippen molar-refractivity contribution in [1.82, 2.24) is 0 Å². The van der Waals surface area contributed by atoms with E-state index in [4.69, 9.17) is 5.73 Å². The van der Waals surface area contributed by atoms with Gasteiger partial charge in [-0.1, -0.05) is 0 Å². The lowest BCUT2D eigenvalue weighted by Crippen LogP contribution is -2.52. The normalized spacial score (nSPS) is 40.9. The van der Waals surface area contributed by atoms with Crippen molar-refractivity contribution in [2.45, 2.75) is 51.4 Å². The van der Waals surface area contributed by atoms with Gasteiger partial charge in [0.25, 0.3) is 0 Å². The van der Waals surface area contributed by atoms with Crippen LogP contribution in [0.3, 0.4) is 0 Å². The van der Waals surface area contributed by atoms with E-state index in [2.05, 4.69) is 0 Å². The molecule has 0 spiro atoms. The standard InChI is InChI=1S/C21H22N4O2/c22-10-20(11-23)7-16(9-26)18(25)21(20,12-24)8-17(27)19-4-13-1-14(5-19)3-15(2-13)6-19/h9,13-15H,1-8,25H2/t13?,14?,15?,19?,21-/m1/s1. The van der Waals surface area contributed by atoms with Gasteiger partial charge in [0.1, 0.15) is 17.5 Å². The number of aldehydes is 1. The number of hydrogen-bond acceptors (Lipinski definition) is 6. The second-order valence-electron chi connectivity index (χ2n) is 9.18. The molecule has 0 aromatic carbocycles. The third-order valence-corrected chi connectivity index (χ3v) is 7.76. The van der Waals surface area contributed by atoms with Crippen molar-refractivity contribution in [2.75, 3.05) is 0 Å². The summed E-state index contributed by atoms with van der Waals surface area (Å²) in [5, 5.41) is 29.5. The smallest absolute Gasteiger partial charge is 0.172 e. The van der Waals surface area contributed by atoms with Gasteiger partial charge in [-0.3, -0.25) is 9.59 Å². The maximum Gasteiger partial charge on any atom is 0.172 e. The number of nitriles is 3. The second kappa shape index (κ2) is 5.67. The van der Waals surface area contributed by atoms with E-state index in [0.29, 0.717) is 24.0 Å². The predicted octanol–water partition coefficient (Wildman–Crippen LogP) is 2.52. The lowest BCUT2D eigenvalue weighted by atomic mass is 9.47. The van der Waals surface area contributed by atoms with Crippen LogP contribution in [-0.4, -0.2) is 12.1 Å². The van der Waals surface area contributed by atoms with Crippen LogP contribution in [0.15, 0.2) is 11.3 Å². The minimum absolute atomic E-state index is 0.0480. The van der Waals surface area contributed by atoms with Crippen LogP contribution in [0.4, 0.5) is 0 Å². The fraction of sp³-hybridized carbons (Fsp3) is 0.667. The first-order chi connectivity index (χ1) is 12.9. The largest absolute Gasteiger partial charge is 0.400 e. The molecule has 5 rings (SSSR count). The van der Waals surface area contributed by atoms with Crippen molar-refractivity contribution in [3.8, 4) is 18.2 Å². The molecule has 4 fully saturated rings. The van der Waals surface area contributed by atoms with Crippen LogP contribution in [0, 0.1) is 68.0 Å². The molecule has 0 aromatic rings. The molecule has 6 nitrogen and oxygen atoms in total. The Labute approximate surface area is 158 Å². The molecule has 5 aliphatic carbocycles. The fourth-order valence-corrected chi connectivity index (χ4v) is 6.76. The predicted molar refractivity (Wildman–Crippen MR) is 93.8 cm³/mol. The van der Waals surface area contributed by atoms with Crippen molar-refractivity contribution >= 4 is 12.1 Å². The molecule has 138 valence electrons. The summed E-state index contributed by atoms with van der Waals surface area (Å²) in [7, 11) is 0. The van der Waals surface area contributed by atoms with Gasteiger partial charge in [0, 0.05) is 29.5 Å². The van der Waals surface area contributed by atoms with Crippen LogP contribution in [-0.2, 0) is 9.59 Å². The highest BCUT2D eigenvalue weighted by atomic mass is 16.1. The Morgan fingerprint density at radius 1 is 1.04 bits per heavy atom. The van der Waals surface area contributed by atoms with E-state index in [9.17, 15) is 25.4 Å². The van der Waals surface area contributed by atoms with E-state index in [1.165, 1.54) is 19.3 Å². The number of carbonyl (C=O) groups excluding carboxylic acids is 2. The zero-order valence-electron chi connectivity index (χ0n) is 15.2. The first-order valence-electron chi connectivity index (χ1n) is 9.59. The number of nitrogens with zero attached hydrogens (tertiary/aromatic N) is 3. The maximum absolute atomic E-state index is 13.5. The van der Waals surface area contributed by atoms with Crippen LogP contribution in [0.25, 0.3) is 0 Å². The monoisotopic (exact) mass is 362 g/mol. The van der Waals surface area contributed by atoms with Gasteiger partial charge >= 0.3 is 0 Å². The quantitative estimate of drug-likeness (QED) is 0.764. The molecule has 0 aromatic heterocycles. The number of rotatable bonds is 4. The summed E-state index contributed by atoms with van der Waals surface area (Å²) in [5.74, 6) is 1.65. The summed E-state index contributed by atoms with van der Waals surface area (Å²) >= 11 is 0. The van der Waals surface area contributed by atoms with E-state index >= 15 is 0 Å². The molecule has 0 aliphatic heterocycles. The minimum atomic E-state index is -1.79. The summed E-state index contributed by atoms with van der Waals surface area (Å²) in [6.45, 7) is 0. The Morgan fingerprint density at radius 3 is 1.96 bits per heavy atom. The van der Waals surface area contributed by atoms with Gasteiger partial charge in [-0.25, -0.2) is 0 Å². The maximum atomic E-state index is 13.5. The van der Waals surface area contributed by atoms with Crippen LogP contribution in [0.2, 0.25) is 0 Å². The summed E-state index contributed by atoms with van der Waals surface area (Å²) in [5.41, 5.74) is 2.16. The van der Waals surface area contributed by atoms with E-state index in [1.807, 2.05) is 18.2 Å². The van der Waals surface area contributed by atoms with Crippen molar-refractivity contribution in [3.63, 3.8) is 0 Å². The third kappa shape index (κ3) is 2.15. The molecule has 4 bridgehead atoms. The molecule has 4 saturated carbocycles. The van der Waals surface area contributed by atoms with Crippen molar-refractivity contribution < 1.29 is 9.59 Å². The molecule has 5 aliphatic rings. The first kappa shape index (κ1) is 17.7. The van der Waals surface area contributed by atoms with Crippen LogP contribution < -0.4 is 5.73 Å². The van der Waals surface area contributed by atoms with E-state index in [-0.39, 0.29) is 29.9 Å². The molecule has 0 radical (unpaired) electrons. The molecule has 0 unspecified atom stereocenters. The molecule has 27 heavy (non-hydrogen) atoms. The zero-order chi connectivity index (χ0) is 19.4. The van der Waals surface area contributed by atoms with E-state index in [1.54, 1.807) is 0 Å². The average Bonchev–Trinajstić information content (AvgIpc) is 2.89. The van der Waals surface area contributed by atoms with Gasteiger partial charge in [-0.2, -0.15) is 15.8 Å². The van der Waals surface area contributed by atoms with Gasteiger partial charge in [0.15, 0.2) is 5.41 Å². The molecule has 0 heterocycles. The molecular weight excluding hydrogens is 340 g/mol. The van der Waals surface area contributed by atoms with Crippen LogP contribution in [0.1, 0.15) is 51.4 Å². The van der Waals surface area contributed by atoms with E-state index < -0.39 is 16.2 Å². The minimum Gasteiger partial charge on any atom is -0.400 e. The summed E-state index contributed by atoms with van der Waals surface area (Å²) in [6.07, 6.45) is 6.15. The Balaban J connectivity index is 1.73. The Kier molecular flexibility index (Phi) is 3.73. The lowest BCUT2D eigenvalue weighted by molar-refractivity contribution is -0.145. The van der Waals surface area contributed by atoms with Gasteiger partial charge in [-0.15, -0.1) is 0 Å². The van der Waals surface area contributed by atoms with Gasteiger partial charge in [0.2, 0.25) is 0 Å². The zero-order valence-corrected chi connectivity index (χ0v) is 15.2. The molecule has 0 saturated heterocycles. The van der Waals surface area contributed by atoms with Crippen molar-refractivity contribution in [3.05, 3.63) is 11.3 Å². The average molecular weight is 362 g/mol. The SMILES string of the molecule is N#CC1(C#N)CC(C=O)=C(N)[C@]1(C#N)CC(=O)C12CC3CC(CC(C3)C1)C2. The Morgan fingerprint density at radius 2 is 1.56 bits per heavy atom. The number of allylic oxidation sites excluding steroid dienone is 2. The molecule has 6 heteroatoms.